The minimum atomic E-state index is -2.91. The van der Waals surface area contributed by atoms with Crippen molar-refractivity contribution in [2.75, 3.05) is 0 Å². The summed E-state index contributed by atoms with van der Waals surface area (Å²) < 4.78 is 11.5. The van der Waals surface area contributed by atoms with E-state index in [9.17, 15) is 0 Å². The van der Waals surface area contributed by atoms with E-state index in [0.717, 1.165) is 44.3 Å². The first-order valence-corrected chi connectivity index (χ1v) is 24.0. The summed E-state index contributed by atoms with van der Waals surface area (Å²) in [5, 5.41) is 12.5. The summed E-state index contributed by atoms with van der Waals surface area (Å²) in [6, 6.07) is 89.3. The van der Waals surface area contributed by atoms with Gasteiger partial charge in [-0.15, -0.1) is 0 Å². The minimum absolute atomic E-state index is 0.903. The molecule has 0 atom stereocenters. The van der Waals surface area contributed by atoms with Gasteiger partial charge in [-0.05, 0) is 92.5 Å². The van der Waals surface area contributed by atoms with Crippen LogP contribution in [0.3, 0.4) is 0 Å². The van der Waals surface area contributed by atoms with Crippen LogP contribution in [0.1, 0.15) is 0 Å². The van der Waals surface area contributed by atoms with Gasteiger partial charge in [0.15, 0.2) is 13.7 Å². The van der Waals surface area contributed by atoms with Crippen molar-refractivity contribution in [3.8, 4) is 22.5 Å². The third-order valence-corrected chi connectivity index (χ3v) is 18.2. The van der Waals surface area contributed by atoms with Gasteiger partial charge < -0.3 is 13.6 Å². The van der Waals surface area contributed by atoms with Gasteiger partial charge in [-0.25, -0.2) is 0 Å². The van der Waals surface area contributed by atoms with Gasteiger partial charge in [-0.2, -0.15) is 0 Å². The lowest BCUT2D eigenvalue weighted by Crippen LogP contribution is -2.74. The molecule has 3 nitrogen and oxygen atoms in total. The van der Waals surface area contributed by atoms with Crippen LogP contribution in [-0.4, -0.2) is 17.2 Å². The molecule has 13 aromatic rings. The third-order valence-electron chi connectivity index (χ3n) is 13.5. The molecule has 0 radical (unpaired) electrons. The molecule has 3 aromatic heterocycles. The van der Waals surface area contributed by atoms with Crippen molar-refractivity contribution in [2.45, 2.75) is 0 Å². The predicted octanol–water partition coefficient (Wildman–Crippen LogP) is 12.8. The van der Waals surface area contributed by atoms with E-state index in [1.165, 1.54) is 64.5 Å². The van der Waals surface area contributed by atoms with Crippen LogP contribution < -0.4 is 20.7 Å². The molecule has 300 valence electrons. The van der Waals surface area contributed by atoms with Crippen molar-refractivity contribution in [2.24, 2.45) is 0 Å². The van der Waals surface area contributed by atoms with Gasteiger partial charge in [0.25, 0.3) is 0 Å². The molecular formula is C60H40N2OSi. The third kappa shape index (κ3) is 5.39. The van der Waals surface area contributed by atoms with E-state index in [0.29, 0.717) is 0 Å². The molecule has 10 aromatic carbocycles. The number of aromatic nitrogens is 2. The van der Waals surface area contributed by atoms with Gasteiger partial charge in [-0.1, -0.05) is 182 Å². The van der Waals surface area contributed by atoms with Crippen LogP contribution in [0.4, 0.5) is 0 Å². The summed E-state index contributed by atoms with van der Waals surface area (Å²) in [5.74, 6) is 0. The normalized spacial score (nSPS) is 12.1. The molecular weight excluding hydrogens is 793 g/mol. The molecule has 0 aliphatic rings. The van der Waals surface area contributed by atoms with Crippen LogP contribution in [0.15, 0.2) is 247 Å². The van der Waals surface area contributed by atoms with E-state index in [-0.39, 0.29) is 0 Å². The molecule has 0 saturated carbocycles. The number of furan rings is 1. The standard InChI is InChI=1S/C60H40N2OSi/c1-4-18-43(19-5-1)61-55-28-13-11-26-50(55)54-40-42(31-38-57(54)61)41-17-16-24-48(39-41)64(45-20-6-2-7-21-45,46-22-8-3-9-23-46)47-34-32-44(33-35-47)62-56-29-14-10-25-49(56)52-36-37-53-51-27-12-15-30-58(51)63-60(53)59(52)62/h1-40H. The van der Waals surface area contributed by atoms with Gasteiger partial charge >= 0.3 is 0 Å². The van der Waals surface area contributed by atoms with E-state index in [2.05, 4.69) is 246 Å². The monoisotopic (exact) mass is 832 g/mol. The zero-order valence-electron chi connectivity index (χ0n) is 34.9. The Kier molecular flexibility index (Phi) is 8.23. The first-order chi connectivity index (χ1) is 31.8. The zero-order valence-corrected chi connectivity index (χ0v) is 35.9. The summed E-state index contributed by atoms with van der Waals surface area (Å²) in [6.45, 7) is 0. The van der Waals surface area contributed by atoms with Gasteiger partial charge in [-0.3, -0.25) is 0 Å². The van der Waals surface area contributed by atoms with Crippen LogP contribution in [0, 0.1) is 0 Å². The quantitative estimate of drug-likeness (QED) is 0.116. The Bertz CT molecular complexity index is 3840. The fourth-order valence-corrected chi connectivity index (χ4v) is 15.4. The van der Waals surface area contributed by atoms with Crippen molar-refractivity contribution in [1.29, 1.82) is 0 Å². The molecule has 0 amide bonds. The molecule has 0 N–H and O–H groups in total. The average Bonchev–Trinajstić information content (AvgIpc) is 4.03. The molecule has 0 unspecified atom stereocenters. The van der Waals surface area contributed by atoms with Crippen LogP contribution in [0.25, 0.3) is 88.1 Å². The minimum Gasteiger partial charge on any atom is -0.454 e. The molecule has 0 bridgehead atoms. The van der Waals surface area contributed by atoms with Gasteiger partial charge in [0.1, 0.15) is 5.58 Å². The van der Waals surface area contributed by atoms with Crippen LogP contribution in [-0.2, 0) is 0 Å². The van der Waals surface area contributed by atoms with Crippen LogP contribution in [0.5, 0.6) is 0 Å². The predicted molar refractivity (Wildman–Crippen MR) is 271 cm³/mol. The molecule has 0 fully saturated rings. The maximum Gasteiger partial charge on any atom is 0.179 e. The maximum atomic E-state index is 6.71. The van der Waals surface area contributed by atoms with Gasteiger partial charge in [0, 0.05) is 43.7 Å². The number of hydrogen-bond donors (Lipinski definition) is 0. The summed E-state index contributed by atoms with van der Waals surface area (Å²) in [7, 11) is -2.91. The lowest BCUT2D eigenvalue weighted by atomic mass is 10.0. The number of benzene rings is 10. The molecule has 13 rings (SSSR count). The Morgan fingerprint density at radius 2 is 0.812 bits per heavy atom. The zero-order chi connectivity index (χ0) is 42.2. The second-order valence-electron chi connectivity index (χ2n) is 16.8. The first kappa shape index (κ1) is 36.5. The molecule has 0 aliphatic carbocycles. The maximum absolute atomic E-state index is 6.71. The fraction of sp³-hybridized carbons (Fsp3) is 0. The molecule has 3 heterocycles. The van der Waals surface area contributed by atoms with Gasteiger partial charge in [0.05, 0.1) is 22.1 Å². The summed E-state index contributed by atoms with van der Waals surface area (Å²) >= 11 is 0. The Morgan fingerprint density at radius 3 is 1.53 bits per heavy atom. The number of nitrogens with zero attached hydrogens (tertiary/aromatic N) is 2. The SMILES string of the molecule is c1ccc(-n2c3ccccc3c3cc(-c4cccc([Si](c5ccccc5)(c5ccccc5)c5ccc(-n6c7ccccc7c7ccc8c9ccccc9oc8c76)cc5)c4)ccc32)cc1. The van der Waals surface area contributed by atoms with Crippen molar-refractivity contribution >= 4 is 94.4 Å². The topological polar surface area (TPSA) is 23.0 Å². The van der Waals surface area contributed by atoms with Crippen molar-refractivity contribution in [3.63, 3.8) is 0 Å². The van der Waals surface area contributed by atoms with Crippen molar-refractivity contribution in [1.82, 2.24) is 9.13 Å². The van der Waals surface area contributed by atoms with E-state index >= 15 is 0 Å². The Balaban J connectivity index is 1.02. The number of hydrogen-bond acceptors (Lipinski definition) is 1. The van der Waals surface area contributed by atoms with E-state index in [1.54, 1.807) is 0 Å². The first-order valence-electron chi connectivity index (χ1n) is 22.0. The lowest BCUT2D eigenvalue weighted by molar-refractivity contribution is 0.671. The Hall–Kier alpha value is -8.18. The fourth-order valence-electron chi connectivity index (χ4n) is 10.7. The number of para-hydroxylation sites is 4. The smallest absolute Gasteiger partial charge is 0.179 e. The highest BCUT2D eigenvalue weighted by atomic mass is 28.3. The summed E-state index contributed by atoms with van der Waals surface area (Å²) in [5.41, 5.74) is 11.1. The van der Waals surface area contributed by atoms with Crippen molar-refractivity contribution in [3.05, 3.63) is 243 Å². The summed E-state index contributed by atoms with van der Waals surface area (Å²) in [4.78, 5) is 0. The van der Waals surface area contributed by atoms with E-state index < -0.39 is 8.07 Å². The summed E-state index contributed by atoms with van der Waals surface area (Å²) in [6.07, 6.45) is 0. The van der Waals surface area contributed by atoms with E-state index in [4.69, 9.17) is 4.42 Å². The van der Waals surface area contributed by atoms with Crippen molar-refractivity contribution < 1.29 is 4.42 Å². The highest BCUT2D eigenvalue weighted by Crippen LogP contribution is 2.40. The molecule has 0 saturated heterocycles. The molecule has 64 heavy (non-hydrogen) atoms. The second-order valence-corrected chi connectivity index (χ2v) is 20.6. The Labute approximate surface area is 371 Å². The van der Waals surface area contributed by atoms with Gasteiger partial charge in [0.2, 0.25) is 0 Å². The highest BCUT2D eigenvalue weighted by Gasteiger charge is 2.41. The number of rotatable bonds is 7. The van der Waals surface area contributed by atoms with Crippen LogP contribution in [0.2, 0.25) is 0 Å². The Morgan fingerprint density at radius 1 is 0.297 bits per heavy atom. The lowest BCUT2D eigenvalue weighted by Gasteiger charge is -2.35. The van der Waals surface area contributed by atoms with Crippen LogP contribution >= 0.6 is 0 Å². The average molecular weight is 833 g/mol. The highest BCUT2D eigenvalue weighted by molar-refractivity contribution is 7.19. The van der Waals surface area contributed by atoms with E-state index in [1.807, 2.05) is 6.07 Å². The second kappa shape index (κ2) is 14.5. The molecule has 0 spiro atoms. The largest absolute Gasteiger partial charge is 0.454 e. The molecule has 0 aliphatic heterocycles. The number of fused-ring (bicyclic) bond motifs is 10. The molecule has 4 heteroatoms.